The zero-order valence-corrected chi connectivity index (χ0v) is 65.5. The number of carbonyl (C=O) groups is 2. The summed E-state index contributed by atoms with van der Waals surface area (Å²) in [5.41, 5.74) is 4.18. The minimum atomic E-state index is -4.04. The Morgan fingerprint density at radius 3 is 1.45 bits per heavy atom. The van der Waals surface area contributed by atoms with Gasteiger partial charge in [0.1, 0.15) is 86.2 Å². The van der Waals surface area contributed by atoms with Crippen molar-refractivity contribution in [1.29, 1.82) is 10.5 Å². The number of carbonyl (C=O) groups excluding carboxylic acids is 2. The third-order valence-electron chi connectivity index (χ3n) is 18.5. The van der Waals surface area contributed by atoms with Gasteiger partial charge in [0.25, 0.3) is 11.8 Å². The van der Waals surface area contributed by atoms with E-state index >= 15 is 17.6 Å². The molecule has 2 aromatic carbocycles. The maximum atomic E-state index is 16.9. The maximum Gasteiger partial charge on any atom is 0.333 e. The SMILES string of the molecule is [BH3-][P+]1(OCC[N+]#[C-])OC[C@H]2O[C@@H](n3cnc4c(NC(=O)c5ccccc5)ncnc43)[C@H](OP(=S)(OCCC#N)OC[C@H]3O[C@@H](n4cnc5c(C)ncnc54)[C@H](F)[C@@H]3O1)[C@H]2F.[BH3-][P+]1(OCC[N+]#[C-])OC[C@H]2O[C@@H](n3cnc4c(NC(=O)c5ccccc5)ncnc43)[C@H](OP(OCCC#N)OC[C@H]3O[C@@H](n4cnc5c(C)ncnc54)[C@H](F)[C@@H]3O1)[C@H]2F. The third kappa shape index (κ3) is 18.3. The zero-order valence-electron chi connectivity index (χ0n) is 61.1. The molecule has 4 unspecified atom stereocenters. The zero-order chi connectivity index (χ0) is 83.1. The van der Waals surface area contributed by atoms with Crippen molar-refractivity contribution >= 4 is 126 Å². The predicted octanol–water partition coefficient (Wildman–Crippen LogP) is 7.30. The number of benzene rings is 2. The lowest BCUT2D eigenvalue weighted by molar-refractivity contribution is -0.0630. The molecule has 16 rings (SSSR count). The van der Waals surface area contributed by atoms with Crippen molar-refractivity contribution < 1.29 is 100 Å². The summed E-state index contributed by atoms with van der Waals surface area (Å²) in [5.74, 6) is -0.691. The quantitative estimate of drug-likeness (QED) is 0.0248. The van der Waals surface area contributed by atoms with Crippen LogP contribution < -0.4 is 10.6 Å². The van der Waals surface area contributed by atoms with E-state index in [0.717, 1.165) is 0 Å². The van der Waals surface area contributed by atoms with Gasteiger partial charge in [-0.25, -0.2) is 118 Å². The van der Waals surface area contributed by atoms with Crippen LogP contribution in [-0.4, -0.2) is 244 Å². The van der Waals surface area contributed by atoms with E-state index in [0.29, 0.717) is 44.8 Å². The Morgan fingerprint density at radius 1 is 0.555 bits per heavy atom. The Bertz CT molecular complexity index is 5550. The number of fused-ring (bicyclic) bond motifs is 10. The van der Waals surface area contributed by atoms with Gasteiger partial charge in [0.15, 0.2) is 120 Å². The number of rotatable bonds is 20. The van der Waals surface area contributed by atoms with Crippen LogP contribution in [0.1, 0.15) is 69.9 Å². The minimum absolute atomic E-state index is 0.0204. The number of nitrogens with one attached hydrogen (secondary N) is 2. The number of nitriles is 2. The summed E-state index contributed by atoms with van der Waals surface area (Å²) >= 11 is 5.86. The molecule has 0 saturated carbocycles. The van der Waals surface area contributed by atoms with Gasteiger partial charge < -0.3 is 61.9 Å². The topological polar surface area (TPSA) is 437 Å². The molecular weight excluding hydrogens is 1670 g/mol. The van der Waals surface area contributed by atoms with E-state index in [-0.39, 0.29) is 92.9 Å². The van der Waals surface area contributed by atoms with E-state index < -0.39 is 176 Å². The molecule has 6 aliphatic rings. The minimum Gasteiger partial charge on any atom is -0.346 e. The van der Waals surface area contributed by atoms with Gasteiger partial charge in [-0.15, -0.1) is 0 Å². The summed E-state index contributed by atoms with van der Waals surface area (Å²) in [6.45, 7) is 11.8. The van der Waals surface area contributed by atoms with Crippen LogP contribution in [-0.2, 0) is 85.0 Å². The van der Waals surface area contributed by atoms with Crippen LogP contribution >= 0.6 is 31.0 Å². The molecule has 0 radical (unpaired) electrons. The molecule has 14 heterocycles. The highest BCUT2D eigenvalue weighted by atomic mass is 32.5. The van der Waals surface area contributed by atoms with Crippen LogP contribution in [0, 0.1) is 49.7 Å². The Labute approximate surface area is 682 Å². The van der Waals surface area contributed by atoms with Crippen molar-refractivity contribution in [3.05, 3.63) is 157 Å². The second-order valence-electron chi connectivity index (χ2n) is 25.8. The molecular formula is C68H72B2F4N22O18P4S. The van der Waals surface area contributed by atoms with Crippen molar-refractivity contribution in [1.82, 2.24) is 78.1 Å². The van der Waals surface area contributed by atoms with E-state index in [9.17, 15) is 20.1 Å². The highest BCUT2D eigenvalue weighted by Crippen LogP contribution is 2.64. The number of nitrogens with zero attached hydrogens (tertiary/aromatic N) is 20. The molecule has 2 N–H and O–H groups in total. The smallest absolute Gasteiger partial charge is 0.333 e. The number of halogens is 4. The Morgan fingerprint density at radius 2 is 0.975 bits per heavy atom. The molecule has 6 saturated heterocycles. The number of alkyl halides is 4. The Balaban J connectivity index is 0.000000186. The first kappa shape index (κ1) is 84.7. The summed E-state index contributed by atoms with van der Waals surface area (Å²) in [4.78, 5) is 84.5. The summed E-state index contributed by atoms with van der Waals surface area (Å²) in [6.07, 6.45) is -12.9. The molecule has 119 heavy (non-hydrogen) atoms. The first-order valence-corrected chi connectivity index (χ1v) is 41.6. The monoisotopic (exact) mass is 1740 g/mol. The average molecular weight is 1740 g/mol. The van der Waals surface area contributed by atoms with E-state index in [1.54, 1.807) is 74.5 Å². The summed E-state index contributed by atoms with van der Waals surface area (Å²) in [6, 6.07) is 21.0. The molecule has 6 aliphatic heterocycles. The van der Waals surface area contributed by atoms with E-state index in [1.165, 1.54) is 68.9 Å². The van der Waals surface area contributed by atoms with E-state index in [4.69, 9.17) is 98.2 Å². The summed E-state index contributed by atoms with van der Waals surface area (Å²) < 4.78 is 173. The highest BCUT2D eigenvalue weighted by Gasteiger charge is 2.59. The lowest BCUT2D eigenvalue weighted by Crippen LogP contribution is -2.36. The molecule has 0 spiro atoms. The Hall–Kier alpha value is -9.31. The van der Waals surface area contributed by atoms with Gasteiger partial charge in [-0.05, 0) is 49.9 Å². The first-order valence-electron chi connectivity index (χ1n) is 35.7. The fraction of sp³-hybridized carbons (Fsp3) is 0.441. The van der Waals surface area contributed by atoms with Crippen LogP contribution in [0.15, 0.2) is 111 Å². The highest BCUT2D eigenvalue weighted by molar-refractivity contribution is 8.07. The standard InChI is InChI=1S/C34H36BF2N11O9P2S.C34H36BF2N11O9P2/c1-19-25-30(42-15-40-19)47(17-44-25)33-24(37)27-22(55-33)14-53-59(60,51-11-6-9-38)57-28-23(36)21(13-52-58(35,56-27)50-12-10-39-2)54-34(28)48-18-45-26-29(41-16-43-31(26)48)46-32(49)20-7-4-3-5-8-20;1-19-25-30(42-15-40-19)47(17-44-25)33-24(37)27-22(55-33)13-51-58(50-11-6-9-38)56-28-23(36)21(14-53-59(35,57-27)52-12-10-39-2)54-34(28)48-18-45-26-29(41-16-43-31(26)48)46-32(49)20-7-4-3-5-8-20/h3-5,7-8,15-18,21-24,27-28,33-34H,6,10-14H2,1,35H3,(H,41,43,46,49);3-5,7-8,15-18,21-24,27-28,33-34H,6,10-14H2,1,35H3,(H,41,43,46,49)/t2*21-,22-,23+,24-,27-,28-,33-,34-,58?,59?/m11/s1. The van der Waals surface area contributed by atoms with Crippen LogP contribution in [0.3, 0.4) is 0 Å². The van der Waals surface area contributed by atoms with Crippen LogP contribution in [0.5, 0.6) is 0 Å². The third-order valence-corrected chi connectivity index (χ3v) is 24.3. The number of hydrogen-bond acceptors (Lipinski definition) is 33. The molecule has 622 valence electrons. The largest absolute Gasteiger partial charge is 0.346 e. The van der Waals surface area contributed by atoms with Crippen LogP contribution in [0.4, 0.5) is 29.2 Å². The number of aromatic nitrogens is 16. The molecule has 40 nitrogen and oxygen atoms in total. The van der Waals surface area contributed by atoms with Gasteiger partial charge in [0.2, 0.25) is 43.9 Å². The maximum absolute atomic E-state index is 16.9. The lowest BCUT2D eigenvalue weighted by atomic mass is 10.1. The molecule has 6 fully saturated rings. The van der Waals surface area contributed by atoms with Gasteiger partial charge in [0.05, 0.1) is 88.1 Å². The number of hydrogen-bond donors (Lipinski definition) is 2. The first-order chi connectivity index (χ1) is 57.7. The number of aryl methyl sites for hydroxylation is 2. The van der Waals surface area contributed by atoms with Gasteiger partial charge >= 0.3 is 15.3 Å². The van der Waals surface area contributed by atoms with Gasteiger partial charge in [-0.3, -0.25) is 32.4 Å². The molecule has 0 aliphatic carbocycles. The van der Waals surface area contributed by atoms with Gasteiger partial charge in [-0.1, -0.05) is 36.4 Å². The van der Waals surface area contributed by atoms with Gasteiger partial charge in [0, 0.05) is 11.1 Å². The molecule has 2 amide bonds. The normalized spacial score (nSPS) is 30.3. The summed E-state index contributed by atoms with van der Waals surface area (Å²) in [7, 11) is -11.4. The van der Waals surface area contributed by atoms with E-state index in [2.05, 4.69) is 80.1 Å². The molecule has 51 heteroatoms. The number of imidazole rings is 4. The number of anilines is 2. The van der Waals surface area contributed by atoms with Crippen LogP contribution in [0.2, 0.25) is 0 Å². The van der Waals surface area contributed by atoms with Crippen molar-refractivity contribution in [3.63, 3.8) is 0 Å². The lowest BCUT2D eigenvalue weighted by Gasteiger charge is -2.31. The molecule has 20 atom stereocenters. The second-order valence-corrected chi connectivity index (χ2v) is 32.3. The number of ether oxygens (including phenoxy) is 4. The van der Waals surface area contributed by atoms with Crippen molar-refractivity contribution in [3.8, 4) is 12.1 Å². The van der Waals surface area contributed by atoms with Crippen LogP contribution in [0.25, 0.3) is 54.3 Å². The predicted molar refractivity (Wildman–Crippen MR) is 420 cm³/mol. The fourth-order valence-electron chi connectivity index (χ4n) is 12.9. The molecule has 8 aromatic heterocycles. The van der Waals surface area contributed by atoms with E-state index in [1.807, 2.05) is 12.1 Å². The molecule has 4 bridgehead atoms. The summed E-state index contributed by atoms with van der Waals surface area (Å²) in [5, 5.41) is 24.1. The van der Waals surface area contributed by atoms with Crippen molar-refractivity contribution in [2.24, 2.45) is 0 Å². The molecule has 10 aromatic rings. The van der Waals surface area contributed by atoms with Crippen molar-refractivity contribution in [2.45, 2.75) is 125 Å². The second kappa shape index (κ2) is 37.4. The Kier molecular flexibility index (Phi) is 26.6. The van der Waals surface area contributed by atoms with Gasteiger partial charge in [-0.2, -0.15) is 10.5 Å². The number of amides is 2. The average Bonchev–Trinajstić information content (AvgIpc) is 1.62. The fourth-order valence-corrected chi connectivity index (χ4v) is 18.4. The van der Waals surface area contributed by atoms with Crippen molar-refractivity contribution in [2.75, 3.05) is 76.6 Å².